The normalized spacial score (nSPS) is 16.9. The molecule has 0 bridgehead atoms. The van der Waals surface area contributed by atoms with Crippen LogP contribution in [0.1, 0.15) is 50.4 Å². The zero-order valence-corrected chi connectivity index (χ0v) is 19.6. The summed E-state index contributed by atoms with van der Waals surface area (Å²) in [7, 11) is -3.74. The number of rotatable bonds is 5. The summed E-state index contributed by atoms with van der Waals surface area (Å²) >= 11 is 1.07. The molecule has 2 aromatic carbocycles. The molecule has 1 aromatic heterocycles. The van der Waals surface area contributed by atoms with Crippen molar-refractivity contribution in [2.45, 2.75) is 44.6 Å². The van der Waals surface area contributed by atoms with E-state index in [9.17, 15) is 17.6 Å². The summed E-state index contributed by atoms with van der Waals surface area (Å²) in [5.74, 6) is -0.874. The molecule has 2 heterocycles. The molecule has 3 aromatic rings. The van der Waals surface area contributed by atoms with Crippen molar-refractivity contribution in [1.82, 2.24) is 14.5 Å². The van der Waals surface area contributed by atoms with Gasteiger partial charge in [0, 0.05) is 12.2 Å². The van der Waals surface area contributed by atoms with Crippen molar-refractivity contribution in [1.29, 1.82) is 0 Å². The topological polar surface area (TPSA) is 92.3 Å². The Morgan fingerprint density at radius 1 is 1.12 bits per heavy atom. The van der Waals surface area contributed by atoms with Crippen molar-refractivity contribution in [2.75, 3.05) is 11.9 Å². The van der Waals surface area contributed by atoms with Crippen LogP contribution in [0.2, 0.25) is 0 Å². The van der Waals surface area contributed by atoms with Crippen LogP contribution in [-0.2, 0) is 10.0 Å². The van der Waals surface area contributed by atoms with Crippen LogP contribution in [0.15, 0.2) is 41.3 Å². The van der Waals surface area contributed by atoms with Crippen LogP contribution in [-0.4, -0.2) is 35.4 Å². The maximum atomic E-state index is 13.6. The molecule has 1 saturated heterocycles. The number of anilines is 1. The minimum Gasteiger partial charge on any atom is -0.320 e. The molecule has 168 valence electrons. The Labute approximate surface area is 190 Å². The maximum Gasteiger partial charge on any atom is 0.286 e. The third kappa shape index (κ3) is 4.30. The molecular formula is C22H23FN4O3S2. The SMILES string of the molecule is Cc1cc(C)c(S(=O)(=O)N2CCC[C@H]2c2nnc(C(=O)Nc3ccc(F)cc3)s2)c(C)c1. The van der Waals surface area contributed by atoms with Gasteiger partial charge in [-0.25, -0.2) is 12.8 Å². The summed E-state index contributed by atoms with van der Waals surface area (Å²) in [5, 5.41) is 11.4. The second-order valence-corrected chi connectivity index (χ2v) is 10.7. The highest BCUT2D eigenvalue weighted by Crippen LogP contribution is 2.39. The van der Waals surface area contributed by atoms with Crippen LogP contribution in [0.4, 0.5) is 10.1 Å². The Bertz CT molecular complexity index is 1250. The van der Waals surface area contributed by atoms with Gasteiger partial charge < -0.3 is 5.32 Å². The number of amides is 1. The number of halogens is 1. The van der Waals surface area contributed by atoms with Crippen molar-refractivity contribution in [3.8, 4) is 0 Å². The first-order valence-corrected chi connectivity index (χ1v) is 12.4. The first kappa shape index (κ1) is 22.5. The van der Waals surface area contributed by atoms with E-state index in [0.29, 0.717) is 46.1 Å². The van der Waals surface area contributed by atoms with Gasteiger partial charge in [-0.1, -0.05) is 29.0 Å². The highest BCUT2D eigenvalue weighted by Gasteiger charge is 2.39. The quantitative estimate of drug-likeness (QED) is 0.592. The fraction of sp³-hybridized carbons (Fsp3) is 0.318. The van der Waals surface area contributed by atoms with E-state index in [1.807, 2.05) is 19.1 Å². The minimum atomic E-state index is -3.74. The second-order valence-electron chi connectivity index (χ2n) is 7.91. The van der Waals surface area contributed by atoms with Gasteiger partial charge in [0.15, 0.2) is 0 Å². The van der Waals surface area contributed by atoms with E-state index in [-0.39, 0.29) is 5.01 Å². The Morgan fingerprint density at radius 3 is 2.44 bits per heavy atom. The molecule has 0 saturated carbocycles. The number of aryl methyl sites for hydroxylation is 3. The molecule has 1 fully saturated rings. The van der Waals surface area contributed by atoms with Crippen molar-refractivity contribution in [2.24, 2.45) is 0 Å². The average molecular weight is 475 g/mol. The predicted molar refractivity (Wildman–Crippen MR) is 121 cm³/mol. The Kier molecular flexibility index (Phi) is 6.11. The predicted octanol–water partition coefficient (Wildman–Crippen LogP) is 4.38. The van der Waals surface area contributed by atoms with Gasteiger partial charge in [-0.2, -0.15) is 4.31 Å². The van der Waals surface area contributed by atoms with Crippen molar-refractivity contribution >= 4 is 33.0 Å². The number of carbonyl (C=O) groups is 1. The van der Waals surface area contributed by atoms with Gasteiger partial charge in [-0.15, -0.1) is 10.2 Å². The van der Waals surface area contributed by atoms with Crippen LogP contribution in [0.5, 0.6) is 0 Å². The molecule has 0 radical (unpaired) electrons. The van der Waals surface area contributed by atoms with Gasteiger partial charge in [-0.3, -0.25) is 4.79 Å². The number of carbonyl (C=O) groups excluding carboxylic acids is 1. The fourth-order valence-corrected chi connectivity index (χ4v) is 7.17. The van der Waals surface area contributed by atoms with Crippen molar-refractivity contribution < 1.29 is 17.6 Å². The molecule has 1 atom stereocenters. The maximum absolute atomic E-state index is 13.6. The van der Waals surface area contributed by atoms with E-state index in [1.165, 1.54) is 28.6 Å². The zero-order valence-electron chi connectivity index (χ0n) is 17.9. The van der Waals surface area contributed by atoms with Crippen LogP contribution in [0, 0.1) is 26.6 Å². The number of hydrogen-bond donors (Lipinski definition) is 1. The molecular weight excluding hydrogens is 451 g/mol. The highest BCUT2D eigenvalue weighted by atomic mass is 32.2. The standard InChI is InChI=1S/C22H23FN4O3S2/c1-13-11-14(2)19(15(3)12-13)32(29,30)27-10-4-5-18(27)21-25-26-22(31-21)20(28)24-17-8-6-16(23)7-9-17/h6-9,11-12,18H,4-5,10H2,1-3H3,(H,24,28)/t18-/m0/s1. The lowest BCUT2D eigenvalue weighted by molar-refractivity contribution is 0.102. The molecule has 1 N–H and O–H groups in total. The van der Waals surface area contributed by atoms with Gasteiger partial charge in [-0.05, 0) is 69.0 Å². The first-order chi connectivity index (χ1) is 15.2. The zero-order chi connectivity index (χ0) is 23.0. The van der Waals surface area contributed by atoms with Crippen molar-refractivity contribution in [3.05, 3.63) is 68.9 Å². The summed E-state index contributed by atoms with van der Waals surface area (Å²) in [4.78, 5) is 12.8. The van der Waals surface area contributed by atoms with E-state index in [4.69, 9.17) is 0 Å². The Morgan fingerprint density at radius 2 is 1.78 bits per heavy atom. The molecule has 32 heavy (non-hydrogen) atoms. The number of nitrogens with zero attached hydrogens (tertiary/aromatic N) is 3. The van der Waals surface area contributed by atoms with Gasteiger partial charge in [0.25, 0.3) is 5.91 Å². The lowest BCUT2D eigenvalue weighted by Crippen LogP contribution is -2.31. The van der Waals surface area contributed by atoms with Gasteiger partial charge in [0.1, 0.15) is 10.8 Å². The number of benzene rings is 2. The molecule has 7 nitrogen and oxygen atoms in total. The molecule has 10 heteroatoms. The van der Waals surface area contributed by atoms with Crippen LogP contribution in [0.25, 0.3) is 0 Å². The average Bonchev–Trinajstić information content (AvgIpc) is 3.38. The molecule has 1 amide bonds. The first-order valence-electron chi connectivity index (χ1n) is 10.2. The van der Waals surface area contributed by atoms with Gasteiger partial charge in [0.05, 0.1) is 10.9 Å². The van der Waals surface area contributed by atoms with Gasteiger partial charge in [0.2, 0.25) is 15.0 Å². The number of hydrogen-bond acceptors (Lipinski definition) is 6. The minimum absolute atomic E-state index is 0.122. The summed E-state index contributed by atoms with van der Waals surface area (Å²) < 4.78 is 41.6. The summed E-state index contributed by atoms with van der Waals surface area (Å²) in [5.41, 5.74) is 2.87. The van der Waals surface area contributed by atoms with Gasteiger partial charge >= 0.3 is 0 Å². The molecule has 0 spiro atoms. The van der Waals surface area contributed by atoms with E-state index in [2.05, 4.69) is 15.5 Å². The lowest BCUT2D eigenvalue weighted by Gasteiger charge is -2.24. The number of nitrogens with one attached hydrogen (secondary N) is 1. The molecule has 1 aliphatic heterocycles. The summed E-state index contributed by atoms with van der Waals surface area (Å²) in [6.45, 7) is 5.94. The monoisotopic (exact) mass is 474 g/mol. The van der Waals surface area contributed by atoms with Crippen LogP contribution >= 0.6 is 11.3 Å². The molecule has 1 aliphatic rings. The highest BCUT2D eigenvalue weighted by molar-refractivity contribution is 7.89. The Balaban J connectivity index is 1.59. The Hall–Kier alpha value is -2.69. The number of aromatic nitrogens is 2. The van der Waals surface area contributed by atoms with E-state index in [0.717, 1.165) is 16.9 Å². The molecule has 0 unspecified atom stereocenters. The van der Waals surface area contributed by atoms with E-state index >= 15 is 0 Å². The third-order valence-electron chi connectivity index (χ3n) is 5.40. The molecule has 4 rings (SSSR count). The van der Waals surface area contributed by atoms with E-state index in [1.54, 1.807) is 13.8 Å². The van der Waals surface area contributed by atoms with Crippen LogP contribution < -0.4 is 5.32 Å². The second kappa shape index (κ2) is 8.68. The molecule has 0 aliphatic carbocycles. The lowest BCUT2D eigenvalue weighted by atomic mass is 10.1. The summed E-state index contributed by atoms with van der Waals surface area (Å²) in [6.07, 6.45) is 1.31. The largest absolute Gasteiger partial charge is 0.320 e. The van der Waals surface area contributed by atoms with E-state index < -0.39 is 27.8 Å². The fourth-order valence-electron chi connectivity index (χ4n) is 4.14. The van der Waals surface area contributed by atoms with Crippen molar-refractivity contribution in [3.63, 3.8) is 0 Å². The number of sulfonamides is 1. The summed E-state index contributed by atoms with van der Waals surface area (Å²) in [6, 6.07) is 8.67. The third-order valence-corrected chi connectivity index (χ3v) is 8.63. The smallest absolute Gasteiger partial charge is 0.286 e. The van der Waals surface area contributed by atoms with Crippen LogP contribution in [0.3, 0.4) is 0 Å².